The lowest BCUT2D eigenvalue weighted by atomic mass is 10.0. The maximum Gasteiger partial charge on any atom is 0.341 e. The Morgan fingerprint density at radius 3 is 2.57 bits per heavy atom. The zero-order valence-electron chi connectivity index (χ0n) is 16.0. The number of likely N-dealkylation sites (N-methyl/N-ethyl adjacent to an activating group) is 1. The Labute approximate surface area is 167 Å². The Kier molecular flexibility index (Phi) is 6.11. The molecule has 1 amide bonds. The van der Waals surface area contributed by atoms with Gasteiger partial charge in [-0.3, -0.25) is 4.79 Å². The van der Waals surface area contributed by atoms with Gasteiger partial charge < -0.3 is 19.7 Å². The van der Waals surface area contributed by atoms with E-state index < -0.39 is 17.8 Å². The summed E-state index contributed by atoms with van der Waals surface area (Å²) in [6.45, 7) is 3.53. The molecule has 0 radical (unpaired) electrons. The van der Waals surface area contributed by atoms with Gasteiger partial charge in [0.05, 0.1) is 30.4 Å². The molecule has 0 spiro atoms. The molecule has 2 aromatic rings. The molecular weight excluding hydrogens is 380 g/mol. The van der Waals surface area contributed by atoms with Gasteiger partial charge in [0.25, 0.3) is 5.91 Å². The van der Waals surface area contributed by atoms with Gasteiger partial charge in [0, 0.05) is 18.0 Å². The third-order valence-corrected chi connectivity index (χ3v) is 5.66. The van der Waals surface area contributed by atoms with Gasteiger partial charge in [0.15, 0.2) is 0 Å². The van der Waals surface area contributed by atoms with Gasteiger partial charge >= 0.3 is 11.9 Å². The van der Waals surface area contributed by atoms with E-state index in [1.54, 1.807) is 25.1 Å². The number of hydrogen-bond donors (Lipinski definition) is 1. The van der Waals surface area contributed by atoms with Crippen molar-refractivity contribution in [1.29, 1.82) is 0 Å². The highest BCUT2D eigenvalue weighted by molar-refractivity contribution is 7.17. The molecule has 1 aliphatic heterocycles. The normalized spacial score (nSPS) is 13.5. The summed E-state index contributed by atoms with van der Waals surface area (Å²) in [6.07, 6.45) is 0.713. The summed E-state index contributed by atoms with van der Waals surface area (Å²) in [7, 11) is 3.28. The molecule has 1 aromatic heterocycles. The van der Waals surface area contributed by atoms with Crippen molar-refractivity contribution in [3.05, 3.63) is 51.4 Å². The number of hydrogen-bond acceptors (Lipinski definition) is 7. The summed E-state index contributed by atoms with van der Waals surface area (Å²) in [5, 5.41) is 3.26. The van der Waals surface area contributed by atoms with Crippen molar-refractivity contribution in [2.24, 2.45) is 0 Å². The Balaban J connectivity index is 1.97. The molecule has 148 valence electrons. The fraction of sp³-hybridized carbons (Fsp3) is 0.350. The first-order valence-corrected chi connectivity index (χ1v) is 9.76. The molecule has 0 saturated carbocycles. The van der Waals surface area contributed by atoms with Gasteiger partial charge in [-0.25, -0.2) is 9.59 Å². The number of carbonyl (C=O) groups is 3. The van der Waals surface area contributed by atoms with E-state index in [1.807, 2.05) is 7.05 Å². The van der Waals surface area contributed by atoms with Gasteiger partial charge in [0.1, 0.15) is 5.00 Å². The molecule has 0 atom stereocenters. The quantitative estimate of drug-likeness (QED) is 0.774. The van der Waals surface area contributed by atoms with Crippen LogP contribution in [0.15, 0.2) is 24.3 Å². The Morgan fingerprint density at radius 1 is 1.18 bits per heavy atom. The van der Waals surface area contributed by atoms with Crippen LogP contribution in [0.5, 0.6) is 0 Å². The van der Waals surface area contributed by atoms with Gasteiger partial charge in [0.2, 0.25) is 0 Å². The van der Waals surface area contributed by atoms with E-state index in [9.17, 15) is 14.4 Å². The van der Waals surface area contributed by atoms with Crippen molar-refractivity contribution in [3.63, 3.8) is 0 Å². The smallest absolute Gasteiger partial charge is 0.341 e. The average molecular weight is 402 g/mol. The van der Waals surface area contributed by atoms with Gasteiger partial charge in [-0.2, -0.15) is 0 Å². The second-order valence-corrected chi connectivity index (χ2v) is 7.51. The zero-order valence-corrected chi connectivity index (χ0v) is 16.9. The topological polar surface area (TPSA) is 84.9 Å². The number of carbonyl (C=O) groups excluding carboxylic acids is 3. The summed E-state index contributed by atoms with van der Waals surface area (Å²) in [6, 6.07) is 6.41. The van der Waals surface area contributed by atoms with Crippen LogP contribution in [-0.2, 0) is 22.4 Å². The molecule has 1 aliphatic rings. The summed E-state index contributed by atoms with van der Waals surface area (Å²) in [5.74, 6) is -1.51. The first-order valence-electron chi connectivity index (χ1n) is 8.95. The van der Waals surface area contributed by atoms with E-state index in [0.717, 1.165) is 17.0 Å². The second kappa shape index (κ2) is 8.53. The van der Waals surface area contributed by atoms with E-state index in [-0.39, 0.29) is 17.7 Å². The third kappa shape index (κ3) is 3.93. The average Bonchev–Trinajstić information content (AvgIpc) is 3.04. The monoisotopic (exact) mass is 402 g/mol. The van der Waals surface area contributed by atoms with Crippen LogP contribution in [0.2, 0.25) is 0 Å². The zero-order chi connectivity index (χ0) is 20.3. The number of benzene rings is 1. The number of esters is 2. The largest absolute Gasteiger partial charge is 0.465 e. The van der Waals surface area contributed by atoms with Crippen LogP contribution in [0.4, 0.5) is 5.00 Å². The number of methoxy groups -OCH3 is 1. The number of ether oxygens (including phenoxy) is 2. The van der Waals surface area contributed by atoms with Crippen LogP contribution in [0.25, 0.3) is 0 Å². The molecule has 2 heterocycles. The SMILES string of the molecule is CCOC(=O)c1c(NC(=O)c2ccccc2C(=O)OC)sc2c1CCN(C)C2. The molecule has 0 fully saturated rings. The number of nitrogens with zero attached hydrogens (tertiary/aromatic N) is 1. The van der Waals surface area contributed by atoms with Crippen LogP contribution >= 0.6 is 11.3 Å². The first kappa shape index (κ1) is 20.0. The van der Waals surface area contributed by atoms with E-state index in [0.29, 0.717) is 23.5 Å². The Bertz CT molecular complexity index is 921. The molecule has 28 heavy (non-hydrogen) atoms. The maximum absolute atomic E-state index is 12.9. The minimum absolute atomic E-state index is 0.168. The summed E-state index contributed by atoms with van der Waals surface area (Å²) < 4.78 is 9.97. The predicted molar refractivity (Wildman–Crippen MR) is 106 cm³/mol. The van der Waals surface area contributed by atoms with Crippen molar-refractivity contribution < 1.29 is 23.9 Å². The lowest BCUT2D eigenvalue weighted by molar-refractivity contribution is 0.0525. The molecule has 1 N–H and O–H groups in total. The number of anilines is 1. The van der Waals surface area contributed by atoms with E-state index in [2.05, 4.69) is 10.2 Å². The minimum Gasteiger partial charge on any atom is -0.465 e. The fourth-order valence-electron chi connectivity index (χ4n) is 3.18. The van der Waals surface area contributed by atoms with Gasteiger partial charge in [-0.05, 0) is 38.1 Å². The van der Waals surface area contributed by atoms with Gasteiger partial charge in [-0.1, -0.05) is 12.1 Å². The summed E-state index contributed by atoms with van der Waals surface area (Å²) in [5.41, 5.74) is 1.70. The minimum atomic E-state index is -0.594. The van der Waals surface area contributed by atoms with Crippen LogP contribution in [0.3, 0.4) is 0 Å². The highest BCUT2D eigenvalue weighted by Gasteiger charge is 2.29. The third-order valence-electron chi connectivity index (χ3n) is 4.53. The molecule has 1 aromatic carbocycles. The number of thiophene rings is 1. The number of amides is 1. The number of rotatable bonds is 5. The van der Waals surface area contributed by atoms with Crippen molar-refractivity contribution in [2.45, 2.75) is 19.9 Å². The molecular formula is C20H22N2O5S. The van der Waals surface area contributed by atoms with Crippen molar-refractivity contribution in [2.75, 3.05) is 32.6 Å². The highest BCUT2D eigenvalue weighted by atomic mass is 32.1. The Morgan fingerprint density at radius 2 is 1.89 bits per heavy atom. The molecule has 0 unspecified atom stereocenters. The summed E-state index contributed by atoms with van der Waals surface area (Å²) >= 11 is 1.37. The Hall–Kier alpha value is -2.71. The van der Waals surface area contributed by atoms with Crippen LogP contribution in [-0.4, -0.2) is 50.1 Å². The number of nitrogens with one attached hydrogen (secondary N) is 1. The van der Waals surface area contributed by atoms with E-state index in [4.69, 9.17) is 9.47 Å². The van der Waals surface area contributed by atoms with E-state index in [1.165, 1.54) is 24.5 Å². The van der Waals surface area contributed by atoms with E-state index >= 15 is 0 Å². The standard InChI is InChI=1S/C20H22N2O5S/c1-4-27-20(25)16-14-9-10-22(2)11-15(14)28-18(16)21-17(23)12-7-5-6-8-13(12)19(24)26-3/h5-8H,4,9-11H2,1-3H3,(H,21,23). The predicted octanol–water partition coefficient (Wildman–Crippen LogP) is 2.95. The van der Waals surface area contributed by atoms with Crippen molar-refractivity contribution in [3.8, 4) is 0 Å². The number of fused-ring (bicyclic) bond motifs is 1. The molecule has 8 heteroatoms. The van der Waals surface area contributed by atoms with Crippen LogP contribution in [0, 0.1) is 0 Å². The second-order valence-electron chi connectivity index (χ2n) is 6.41. The first-order chi connectivity index (χ1) is 13.5. The molecule has 7 nitrogen and oxygen atoms in total. The summed E-state index contributed by atoms with van der Waals surface area (Å²) in [4.78, 5) is 40.6. The maximum atomic E-state index is 12.9. The van der Waals surface area contributed by atoms with Crippen molar-refractivity contribution >= 4 is 34.2 Å². The lowest BCUT2D eigenvalue weighted by Gasteiger charge is -2.22. The molecule has 0 bridgehead atoms. The molecule has 0 saturated heterocycles. The lowest BCUT2D eigenvalue weighted by Crippen LogP contribution is -2.26. The van der Waals surface area contributed by atoms with Gasteiger partial charge in [-0.15, -0.1) is 11.3 Å². The highest BCUT2D eigenvalue weighted by Crippen LogP contribution is 2.37. The van der Waals surface area contributed by atoms with Crippen LogP contribution < -0.4 is 5.32 Å². The fourth-order valence-corrected chi connectivity index (χ4v) is 4.49. The van der Waals surface area contributed by atoms with Crippen LogP contribution in [0.1, 0.15) is 48.4 Å². The van der Waals surface area contributed by atoms with Crippen molar-refractivity contribution in [1.82, 2.24) is 4.90 Å². The molecule has 0 aliphatic carbocycles. The molecule has 3 rings (SSSR count).